The molecule has 0 amide bonds. The predicted octanol–water partition coefficient (Wildman–Crippen LogP) is 5.27. The summed E-state index contributed by atoms with van der Waals surface area (Å²) < 4.78 is 33.7. The van der Waals surface area contributed by atoms with Gasteiger partial charge in [-0.15, -0.1) is 0 Å². The first-order valence-electron chi connectivity index (χ1n) is 12.3. The Hall–Kier alpha value is -3.10. The van der Waals surface area contributed by atoms with E-state index >= 15 is 0 Å². The molecular weight excluding hydrogens is 489 g/mol. The van der Waals surface area contributed by atoms with E-state index in [-0.39, 0.29) is 18.5 Å². The Morgan fingerprint density at radius 2 is 1.76 bits per heavy atom. The average Bonchev–Trinajstić information content (AvgIpc) is 3.28. The van der Waals surface area contributed by atoms with Crippen molar-refractivity contribution in [3.8, 4) is 5.75 Å². The summed E-state index contributed by atoms with van der Waals surface area (Å²) in [5.74, 6) is 0.510. The Bertz CT molecular complexity index is 1350. The normalized spacial score (nSPS) is 14.8. The van der Waals surface area contributed by atoms with Gasteiger partial charge in [0.25, 0.3) is 0 Å². The van der Waals surface area contributed by atoms with E-state index in [0.29, 0.717) is 25.5 Å². The second-order valence-electron chi connectivity index (χ2n) is 9.18. The van der Waals surface area contributed by atoms with Crippen LogP contribution in [0.1, 0.15) is 30.7 Å². The topological polar surface area (TPSA) is 100 Å². The number of benzene rings is 2. The zero-order valence-electron chi connectivity index (χ0n) is 21.7. The lowest BCUT2D eigenvalue weighted by Crippen LogP contribution is -2.32. The van der Waals surface area contributed by atoms with E-state index < -0.39 is 7.52 Å². The van der Waals surface area contributed by atoms with Crippen LogP contribution >= 0.6 is 7.52 Å². The number of hydrogen-bond acceptors (Lipinski definition) is 7. The van der Waals surface area contributed by atoms with Crippen molar-refractivity contribution in [3.63, 3.8) is 0 Å². The van der Waals surface area contributed by atoms with Gasteiger partial charge in [-0.1, -0.05) is 42.5 Å². The van der Waals surface area contributed by atoms with Gasteiger partial charge >= 0.3 is 7.52 Å². The quantitative estimate of drug-likeness (QED) is 0.237. The molecule has 4 rings (SSSR count). The minimum atomic E-state index is -3.42. The molecule has 0 aliphatic rings. The fraction of sp³-hybridized carbons (Fsp3) is 0.370. The Labute approximate surface area is 217 Å². The molecule has 0 saturated heterocycles. The monoisotopic (exact) mass is 523 g/mol. The molecule has 10 heteroatoms. The van der Waals surface area contributed by atoms with Crippen molar-refractivity contribution >= 4 is 18.7 Å². The van der Waals surface area contributed by atoms with Crippen molar-refractivity contribution in [2.75, 3.05) is 13.0 Å². The van der Waals surface area contributed by atoms with Gasteiger partial charge in [0.2, 0.25) is 0 Å². The minimum Gasteiger partial charge on any atom is -0.431 e. The van der Waals surface area contributed by atoms with Crippen LogP contribution in [0.5, 0.6) is 5.75 Å². The third-order valence-electron chi connectivity index (χ3n) is 5.87. The van der Waals surface area contributed by atoms with Gasteiger partial charge in [-0.25, -0.2) is 20.0 Å². The van der Waals surface area contributed by atoms with Crippen molar-refractivity contribution in [1.82, 2.24) is 24.6 Å². The fourth-order valence-electron chi connectivity index (χ4n) is 3.92. The lowest BCUT2D eigenvalue weighted by atomic mass is 10.1. The maximum atomic E-state index is 13.9. The maximum absolute atomic E-state index is 13.9. The molecule has 1 unspecified atom stereocenters. The molecule has 0 aliphatic heterocycles. The van der Waals surface area contributed by atoms with Gasteiger partial charge in [0.05, 0.1) is 37.9 Å². The molecule has 2 aromatic heterocycles. The highest BCUT2D eigenvalue weighted by Crippen LogP contribution is 2.44. The van der Waals surface area contributed by atoms with E-state index in [1.165, 1.54) is 11.9 Å². The molecule has 37 heavy (non-hydrogen) atoms. The van der Waals surface area contributed by atoms with Crippen LogP contribution in [-0.4, -0.2) is 44.6 Å². The molecular formula is C27H34N5O4P. The molecule has 9 nitrogen and oxygen atoms in total. The number of ether oxygens (including phenoxy) is 2. The number of hydrogen-bond donors (Lipinski definition) is 1. The molecule has 0 radical (unpaired) electrons. The number of para-hydroxylation sites is 1. The van der Waals surface area contributed by atoms with Crippen LogP contribution in [0.3, 0.4) is 0 Å². The van der Waals surface area contributed by atoms with E-state index in [1.807, 2.05) is 61.7 Å². The smallest absolute Gasteiger partial charge is 0.342 e. The summed E-state index contributed by atoms with van der Waals surface area (Å²) in [7, 11) is -3.42. The van der Waals surface area contributed by atoms with Crippen molar-refractivity contribution in [1.29, 1.82) is 0 Å². The predicted molar refractivity (Wildman–Crippen MR) is 144 cm³/mol. The van der Waals surface area contributed by atoms with Gasteiger partial charge in [0.1, 0.15) is 23.9 Å². The zero-order valence-corrected chi connectivity index (χ0v) is 22.6. The SMILES string of the molecule is Cc1ccccc1COC[C@H](C)NP(=O)(CO[C@H](C)Cn1cnc2c(C)ncnc21)Oc1ccccc1. The Morgan fingerprint density at radius 3 is 2.54 bits per heavy atom. The van der Waals surface area contributed by atoms with Crippen LogP contribution in [-0.2, 0) is 27.2 Å². The average molecular weight is 524 g/mol. The van der Waals surface area contributed by atoms with Crippen molar-refractivity contribution in [2.45, 2.75) is 53.0 Å². The number of aromatic nitrogens is 4. The highest BCUT2D eigenvalue weighted by molar-refractivity contribution is 7.57. The molecule has 2 heterocycles. The van der Waals surface area contributed by atoms with Gasteiger partial charge in [-0.05, 0) is 51.0 Å². The largest absolute Gasteiger partial charge is 0.431 e. The molecule has 0 fully saturated rings. The third-order valence-corrected chi connectivity index (χ3v) is 7.70. The Kier molecular flexibility index (Phi) is 9.05. The van der Waals surface area contributed by atoms with E-state index in [2.05, 4.69) is 33.0 Å². The number of fused-ring (bicyclic) bond motifs is 1. The van der Waals surface area contributed by atoms with E-state index in [9.17, 15) is 4.57 Å². The second kappa shape index (κ2) is 12.4. The van der Waals surface area contributed by atoms with Crippen LogP contribution in [0.4, 0.5) is 0 Å². The summed E-state index contributed by atoms with van der Waals surface area (Å²) in [4.78, 5) is 12.9. The fourth-order valence-corrected chi connectivity index (χ4v) is 5.76. The molecule has 4 aromatic rings. The van der Waals surface area contributed by atoms with Crippen LogP contribution in [0.2, 0.25) is 0 Å². The molecule has 196 valence electrons. The van der Waals surface area contributed by atoms with E-state index in [1.54, 1.807) is 18.5 Å². The summed E-state index contributed by atoms with van der Waals surface area (Å²) in [5, 5.41) is 3.14. The lowest BCUT2D eigenvalue weighted by molar-refractivity contribution is 0.0799. The Morgan fingerprint density at radius 1 is 1.00 bits per heavy atom. The molecule has 1 N–H and O–H groups in total. The molecule has 0 bridgehead atoms. The number of aryl methyl sites for hydroxylation is 2. The lowest BCUT2D eigenvalue weighted by Gasteiger charge is -2.25. The first-order chi connectivity index (χ1) is 17.8. The summed E-state index contributed by atoms with van der Waals surface area (Å²) in [6.07, 6.45) is 2.87. The van der Waals surface area contributed by atoms with Crippen molar-refractivity contribution in [3.05, 3.63) is 84.1 Å². The van der Waals surface area contributed by atoms with Gasteiger partial charge in [-0.3, -0.25) is 4.57 Å². The highest BCUT2D eigenvalue weighted by Gasteiger charge is 2.29. The minimum absolute atomic E-state index is 0.105. The van der Waals surface area contributed by atoms with Crippen LogP contribution in [0.25, 0.3) is 11.2 Å². The van der Waals surface area contributed by atoms with Gasteiger partial charge in [0, 0.05) is 6.04 Å². The number of nitrogens with one attached hydrogen (secondary N) is 1. The molecule has 2 aromatic carbocycles. The van der Waals surface area contributed by atoms with Crippen molar-refractivity contribution < 1.29 is 18.6 Å². The van der Waals surface area contributed by atoms with Crippen LogP contribution in [0.15, 0.2) is 67.3 Å². The summed E-state index contributed by atoms with van der Waals surface area (Å²) in [5.41, 5.74) is 4.62. The van der Waals surface area contributed by atoms with E-state index in [4.69, 9.17) is 14.0 Å². The Balaban J connectivity index is 1.37. The first kappa shape index (κ1) is 26.9. The highest BCUT2D eigenvalue weighted by atomic mass is 31.2. The molecule has 3 atom stereocenters. The van der Waals surface area contributed by atoms with E-state index in [0.717, 1.165) is 22.4 Å². The van der Waals surface area contributed by atoms with Crippen LogP contribution in [0, 0.1) is 13.8 Å². The number of rotatable bonds is 13. The summed E-state index contributed by atoms with van der Waals surface area (Å²) in [6, 6.07) is 17.0. The van der Waals surface area contributed by atoms with Gasteiger partial charge in [-0.2, -0.15) is 0 Å². The summed E-state index contributed by atoms with van der Waals surface area (Å²) in [6.45, 7) is 9.14. The molecule has 0 saturated carbocycles. The zero-order chi connectivity index (χ0) is 26.3. The third kappa shape index (κ3) is 7.46. The first-order valence-corrected chi connectivity index (χ1v) is 14.1. The molecule has 0 aliphatic carbocycles. The standard InChI is InChI=1S/C27H34N5O4P/c1-20-10-8-9-11-24(20)16-34-15-21(2)31-37(33,36-25-12-6-5-7-13-25)19-35-22(3)14-32-18-30-26-23(4)28-17-29-27(26)32/h5-13,17-18,21-22H,14-16,19H2,1-4H3,(H,31,33)/t21-,22+,37?/m0/s1. The summed E-state index contributed by atoms with van der Waals surface area (Å²) >= 11 is 0. The van der Waals surface area contributed by atoms with Crippen molar-refractivity contribution in [2.24, 2.45) is 0 Å². The van der Waals surface area contributed by atoms with Gasteiger partial charge in [0.15, 0.2) is 5.65 Å². The molecule has 0 spiro atoms. The number of nitrogens with zero attached hydrogens (tertiary/aromatic N) is 4. The van der Waals surface area contributed by atoms with Crippen LogP contribution < -0.4 is 9.61 Å². The number of imidazole rings is 1. The van der Waals surface area contributed by atoms with Gasteiger partial charge < -0.3 is 18.6 Å². The maximum Gasteiger partial charge on any atom is 0.342 e. The second-order valence-corrected chi connectivity index (χ2v) is 11.2.